The number of nitro benzene ring substituents is 1. The average Bonchev–Trinajstić information content (AvgIpc) is 2.26. The van der Waals surface area contributed by atoms with Gasteiger partial charge in [-0.1, -0.05) is 13.8 Å². The second-order valence-electron chi connectivity index (χ2n) is 3.60. The molecule has 0 amide bonds. The van der Waals surface area contributed by atoms with Gasteiger partial charge in [-0.15, -0.1) is 11.8 Å². The van der Waals surface area contributed by atoms with Crippen molar-refractivity contribution in [2.24, 2.45) is 0 Å². The molecule has 5 nitrogen and oxygen atoms in total. The minimum atomic E-state index is -0.495. The van der Waals surface area contributed by atoms with Gasteiger partial charge >= 0.3 is 5.97 Å². The highest BCUT2D eigenvalue weighted by Crippen LogP contribution is 2.32. The maximum atomic E-state index is 11.3. The Kier molecular flexibility index (Phi) is 4.51. The minimum absolute atomic E-state index is 0.0105. The summed E-state index contributed by atoms with van der Waals surface area (Å²) in [6, 6.07) is 4.22. The molecule has 0 spiro atoms. The van der Waals surface area contributed by atoms with Crippen LogP contribution in [0.5, 0.6) is 0 Å². The van der Waals surface area contributed by atoms with E-state index in [9.17, 15) is 14.9 Å². The molecule has 17 heavy (non-hydrogen) atoms. The smallest absolute Gasteiger partial charge is 0.337 e. The molecule has 0 saturated heterocycles. The van der Waals surface area contributed by atoms with Crippen molar-refractivity contribution in [2.45, 2.75) is 24.0 Å². The molecule has 0 aliphatic heterocycles. The minimum Gasteiger partial charge on any atom is -0.465 e. The van der Waals surface area contributed by atoms with E-state index >= 15 is 0 Å². The Balaban J connectivity index is 3.18. The summed E-state index contributed by atoms with van der Waals surface area (Å²) in [7, 11) is 1.28. The fraction of sp³-hybridized carbons (Fsp3) is 0.364. The Hall–Kier alpha value is -1.56. The zero-order chi connectivity index (χ0) is 13.0. The molecule has 0 aliphatic carbocycles. The second kappa shape index (κ2) is 5.67. The van der Waals surface area contributed by atoms with Crippen LogP contribution in [0.2, 0.25) is 0 Å². The van der Waals surface area contributed by atoms with Gasteiger partial charge in [0.15, 0.2) is 0 Å². The Morgan fingerprint density at radius 1 is 1.47 bits per heavy atom. The maximum Gasteiger partial charge on any atom is 0.337 e. The van der Waals surface area contributed by atoms with Gasteiger partial charge in [-0.3, -0.25) is 10.1 Å². The van der Waals surface area contributed by atoms with Gasteiger partial charge in [-0.2, -0.15) is 0 Å². The van der Waals surface area contributed by atoms with Gasteiger partial charge in [0.2, 0.25) is 0 Å². The van der Waals surface area contributed by atoms with Crippen LogP contribution in [0.15, 0.2) is 23.1 Å². The Morgan fingerprint density at radius 3 is 2.59 bits per heavy atom. The van der Waals surface area contributed by atoms with Crippen molar-refractivity contribution in [1.29, 1.82) is 0 Å². The van der Waals surface area contributed by atoms with Crippen molar-refractivity contribution < 1.29 is 14.5 Å². The normalized spacial score (nSPS) is 10.4. The number of carbonyl (C=O) groups is 1. The first-order valence-corrected chi connectivity index (χ1v) is 5.87. The molecular formula is C11H13NO4S. The summed E-state index contributed by atoms with van der Waals surface area (Å²) >= 11 is 1.35. The predicted molar refractivity (Wildman–Crippen MR) is 65.4 cm³/mol. The van der Waals surface area contributed by atoms with Crippen molar-refractivity contribution in [3.63, 3.8) is 0 Å². The van der Waals surface area contributed by atoms with Crippen molar-refractivity contribution in [3.05, 3.63) is 33.9 Å². The quantitative estimate of drug-likeness (QED) is 0.358. The van der Waals surface area contributed by atoms with Gasteiger partial charge in [0.05, 0.1) is 22.5 Å². The molecule has 0 heterocycles. The molecule has 0 bridgehead atoms. The first kappa shape index (κ1) is 13.5. The van der Waals surface area contributed by atoms with E-state index < -0.39 is 10.9 Å². The van der Waals surface area contributed by atoms with E-state index in [1.54, 1.807) is 0 Å². The molecule has 0 fully saturated rings. The second-order valence-corrected chi connectivity index (χ2v) is 5.22. The molecule has 92 valence electrons. The molecule has 0 N–H and O–H groups in total. The molecule has 0 radical (unpaired) electrons. The topological polar surface area (TPSA) is 69.4 Å². The number of carbonyl (C=O) groups excluding carboxylic acids is 1. The summed E-state index contributed by atoms with van der Waals surface area (Å²) in [5.41, 5.74) is 0.331. The lowest BCUT2D eigenvalue weighted by Crippen LogP contribution is -2.03. The molecule has 0 aliphatic rings. The van der Waals surface area contributed by atoms with E-state index in [1.165, 1.54) is 37.1 Å². The van der Waals surface area contributed by atoms with E-state index in [0.717, 1.165) is 0 Å². The van der Waals surface area contributed by atoms with Crippen molar-refractivity contribution >= 4 is 23.4 Å². The zero-order valence-corrected chi connectivity index (χ0v) is 10.6. The third-order valence-electron chi connectivity index (χ3n) is 1.94. The van der Waals surface area contributed by atoms with Gasteiger partial charge in [-0.05, 0) is 12.1 Å². The highest BCUT2D eigenvalue weighted by Gasteiger charge is 2.18. The van der Waals surface area contributed by atoms with Crippen LogP contribution in [0.1, 0.15) is 24.2 Å². The number of rotatable bonds is 4. The fourth-order valence-electron chi connectivity index (χ4n) is 1.26. The molecule has 6 heteroatoms. The van der Waals surface area contributed by atoms with Gasteiger partial charge in [0, 0.05) is 11.3 Å². The van der Waals surface area contributed by atoms with E-state index in [0.29, 0.717) is 10.5 Å². The third kappa shape index (κ3) is 3.45. The van der Waals surface area contributed by atoms with Crippen LogP contribution < -0.4 is 0 Å². The molecular weight excluding hydrogens is 242 g/mol. The summed E-state index contributed by atoms with van der Waals surface area (Å²) in [6.45, 7) is 3.86. The Bertz CT molecular complexity index is 445. The van der Waals surface area contributed by atoms with Crippen molar-refractivity contribution in [2.75, 3.05) is 7.11 Å². The van der Waals surface area contributed by atoms with Gasteiger partial charge in [0.25, 0.3) is 5.69 Å². The predicted octanol–water partition coefficient (Wildman–Crippen LogP) is 2.88. The van der Waals surface area contributed by atoms with E-state index in [2.05, 4.69) is 4.74 Å². The van der Waals surface area contributed by atoms with Crippen LogP contribution in [-0.4, -0.2) is 23.3 Å². The molecule has 0 unspecified atom stereocenters. The summed E-state index contributed by atoms with van der Waals surface area (Å²) < 4.78 is 4.58. The zero-order valence-electron chi connectivity index (χ0n) is 9.80. The van der Waals surface area contributed by atoms with E-state index in [1.807, 2.05) is 13.8 Å². The maximum absolute atomic E-state index is 11.3. The molecule has 0 saturated carbocycles. The number of esters is 1. The Labute approximate surface area is 103 Å². The van der Waals surface area contributed by atoms with Gasteiger partial charge < -0.3 is 4.74 Å². The summed E-state index contributed by atoms with van der Waals surface area (Å²) in [5, 5.41) is 11.0. The molecule has 0 aromatic heterocycles. The molecule has 1 aromatic rings. The van der Waals surface area contributed by atoms with Crippen LogP contribution in [0, 0.1) is 10.1 Å². The van der Waals surface area contributed by atoms with Gasteiger partial charge in [-0.25, -0.2) is 4.79 Å². The summed E-state index contributed by atoms with van der Waals surface area (Å²) in [4.78, 5) is 22.2. The van der Waals surface area contributed by atoms with Crippen LogP contribution in [-0.2, 0) is 4.74 Å². The lowest BCUT2D eigenvalue weighted by molar-refractivity contribution is -0.387. The lowest BCUT2D eigenvalue weighted by atomic mass is 10.2. The SMILES string of the molecule is COC(=O)c1ccc([N+](=O)[O-])c(SC(C)C)c1. The molecule has 1 aromatic carbocycles. The number of methoxy groups -OCH3 is 1. The number of nitrogens with zero attached hydrogens (tertiary/aromatic N) is 1. The lowest BCUT2D eigenvalue weighted by Gasteiger charge is -2.07. The van der Waals surface area contributed by atoms with Gasteiger partial charge in [0.1, 0.15) is 0 Å². The van der Waals surface area contributed by atoms with Crippen LogP contribution in [0.25, 0.3) is 0 Å². The highest BCUT2D eigenvalue weighted by molar-refractivity contribution is 8.00. The van der Waals surface area contributed by atoms with Crippen molar-refractivity contribution in [1.82, 2.24) is 0 Å². The standard InChI is InChI=1S/C11H13NO4S/c1-7(2)17-10-6-8(11(13)16-3)4-5-9(10)12(14)15/h4-7H,1-3H3. The van der Waals surface area contributed by atoms with Crippen LogP contribution in [0.3, 0.4) is 0 Å². The number of ether oxygens (including phenoxy) is 1. The summed E-state index contributed by atoms with van der Waals surface area (Å²) in [6.07, 6.45) is 0. The first-order chi connectivity index (χ1) is 7.95. The molecule has 1 rings (SSSR count). The number of nitro groups is 1. The molecule has 0 atom stereocenters. The van der Waals surface area contributed by atoms with E-state index in [4.69, 9.17) is 0 Å². The van der Waals surface area contributed by atoms with Crippen molar-refractivity contribution in [3.8, 4) is 0 Å². The monoisotopic (exact) mass is 255 g/mol. The Morgan fingerprint density at radius 2 is 2.12 bits per heavy atom. The van der Waals surface area contributed by atoms with E-state index in [-0.39, 0.29) is 10.9 Å². The largest absolute Gasteiger partial charge is 0.465 e. The summed E-state index contributed by atoms with van der Waals surface area (Å²) in [5.74, 6) is -0.495. The number of benzene rings is 1. The first-order valence-electron chi connectivity index (χ1n) is 4.99. The average molecular weight is 255 g/mol. The number of hydrogen-bond acceptors (Lipinski definition) is 5. The fourth-order valence-corrected chi connectivity index (χ4v) is 2.22. The van der Waals surface area contributed by atoms with Crippen LogP contribution >= 0.6 is 11.8 Å². The van der Waals surface area contributed by atoms with Crippen LogP contribution in [0.4, 0.5) is 5.69 Å². The highest BCUT2D eigenvalue weighted by atomic mass is 32.2. The number of thioether (sulfide) groups is 1. The third-order valence-corrected chi connectivity index (χ3v) is 2.99. The number of hydrogen-bond donors (Lipinski definition) is 0.